The first-order valence-corrected chi connectivity index (χ1v) is 8.75. The Morgan fingerprint density at radius 2 is 1.40 bits per heavy atom. The van der Waals surface area contributed by atoms with Crippen LogP contribution in [0.1, 0.15) is 90.2 Å². The molecule has 0 bridgehead atoms. The Hall–Kier alpha value is -0.860. The van der Waals surface area contributed by atoms with Gasteiger partial charge in [-0.15, -0.1) is 5.10 Å². The summed E-state index contributed by atoms with van der Waals surface area (Å²) in [7, 11) is 0. The molecule has 0 fully saturated rings. The van der Waals surface area contributed by atoms with E-state index in [1.165, 1.54) is 64.2 Å². The third-order valence-electron chi connectivity index (χ3n) is 3.83. The van der Waals surface area contributed by atoms with E-state index in [2.05, 4.69) is 30.4 Å². The predicted octanol–water partition coefficient (Wildman–Crippen LogP) is 5.15. The van der Waals surface area contributed by atoms with Gasteiger partial charge in [-0.25, -0.2) is 0 Å². The summed E-state index contributed by atoms with van der Waals surface area (Å²) in [5.41, 5.74) is 1.16. The molecule has 0 amide bonds. The summed E-state index contributed by atoms with van der Waals surface area (Å²) in [4.78, 5) is 0. The Morgan fingerprint density at radius 3 is 2.00 bits per heavy atom. The monoisotopic (exact) mass is 279 g/mol. The van der Waals surface area contributed by atoms with Crippen LogP contribution in [0.5, 0.6) is 0 Å². The van der Waals surface area contributed by atoms with Gasteiger partial charge in [0.25, 0.3) is 0 Å². The van der Waals surface area contributed by atoms with E-state index in [1.54, 1.807) is 0 Å². The summed E-state index contributed by atoms with van der Waals surface area (Å²) in [5, 5.41) is 8.36. The predicted molar refractivity (Wildman–Crippen MR) is 85.9 cm³/mol. The Bertz CT molecular complexity index is 320. The molecule has 0 N–H and O–H groups in total. The van der Waals surface area contributed by atoms with Crippen LogP contribution >= 0.6 is 0 Å². The smallest absolute Gasteiger partial charge is 0.0827 e. The van der Waals surface area contributed by atoms with Crippen molar-refractivity contribution in [3.63, 3.8) is 0 Å². The van der Waals surface area contributed by atoms with E-state index in [0.717, 1.165) is 25.1 Å². The molecule has 20 heavy (non-hydrogen) atoms. The van der Waals surface area contributed by atoms with E-state index in [1.807, 2.05) is 4.68 Å². The third kappa shape index (κ3) is 8.34. The highest BCUT2D eigenvalue weighted by molar-refractivity contribution is 4.91. The minimum absolute atomic E-state index is 0.991. The molecular weight excluding hydrogens is 246 g/mol. The van der Waals surface area contributed by atoms with Gasteiger partial charge in [0, 0.05) is 12.7 Å². The summed E-state index contributed by atoms with van der Waals surface area (Å²) >= 11 is 0. The zero-order chi connectivity index (χ0) is 14.5. The molecule has 1 aromatic rings. The highest BCUT2D eigenvalue weighted by Crippen LogP contribution is 2.11. The number of aromatic nitrogens is 3. The number of hydrogen-bond donors (Lipinski definition) is 0. The van der Waals surface area contributed by atoms with Crippen molar-refractivity contribution in [2.75, 3.05) is 0 Å². The molecule has 0 aliphatic carbocycles. The van der Waals surface area contributed by atoms with Crippen molar-refractivity contribution in [3.05, 3.63) is 11.9 Å². The number of aryl methyl sites for hydroxylation is 2. The third-order valence-corrected chi connectivity index (χ3v) is 3.83. The van der Waals surface area contributed by atoms with Gasteiger partial charge >= 0.3 is 0 Å². The van der Waals surface area contributed by atoms with Crippen LogP contribution in [0.3, 0.4) is 0 Å². The van der Waals surface area contributed by atoms with E-state index >= 15 is 0 Å². The molecule has 0 unspecified atom stereocenters. The fraction of sp³-hybridized carbons (Fsp3) is 0.882. The van der Waals surface area contributed by atoms with E-state index < -0.39 is 0 Å². The van der Waals surface area contributed by atoms with Crippen molar-refractivity contribution >= 4 is 0 Å². The van der Waals surface area contributed by atoms with Gasteiger partial charge in [-0.1, -0.05) is 76.8 Å². The van der Waals surface area contributed by atoms with Crippen LogP contribution < -0.4 is 0 Å². The normalized spacial score (nSPS) is 11.1. The van der Waals surface area contributed by atoms with Gasteiger partial charge in [-0.2, -0.15) is 0 Å². The Morgan fingerprint density at radius 1 is 0.800 bits per heavy atom. The van der Waals surface area contributed by atoms with Crippen molar-refractivity contribution < 1.29 is 0 Å². The molecule has 1 rings (SSSR count). The van der Waals surface area contributed by atoms with Gasteiger partial charge in [0.1, 0.15) is 0 Å². The van der Waals surface area contributed by atoms with E-state index in [9.17, 15) is 0 Å². The SMILES string of the molecule is CCCCCCCCCCCCc1cn(CCC)nn1. The molecule has 0 saturated heterocycles. The second kappa shape index (κ2) is 11.9. The van der Waals surface area contributed by atoms with Crippen molar-refractivity contribution in [2.24, 2.45) is 0 Å². The maximum Gasteiger partial charge on any atom is 0.0827 e. The van der Waals surface area contributed by atoms with Crippen LogP contribution in [-0.4, -0.2) is 15.0 Å². The fourth-order valence-electron chi connectivity index (χ4n) is 2.59. The van der Waals surface area contributed by atoms with Gasteiger partial charge < -0.3 is 0 Å². The molecule has 0 saturated carbocycles. The van der Waals surface area contributed by atoms with Crippen molar-refractivity contribution in [1.29, 1.82) is 0 Å². The second-order valence-electron chi connectivity index (χ2n) is 5.90. The highest BCUT2D eigenvalue weighted by atomic mass is 15.4. The van der Waals surface area contributed by atoms with Crippen molar-refractivity contribution in [1.82, 2.24) is 15.0 Å². The molecule has 0 atom stereocenters. The van der Waals surface area contributed by atoms with Crippen molar-refractivity contribution in [3.8, 4) is 0 Å². The highest BCUT2D eigenvalue weighted by Gasteiger charge is 2.00. The topological polar surface area (TPSA) is 30.7 Å². The molecule has 0 spiro atoms. The molecule has 0 radical (unpaired) electrons. The van der Waals surface area contributed by atoms with Gasteiger partial charge in [-0.3, -0.25) is 4.68 Å². The summed E-state index contributed by atoms with van der Waals surface area (Å²) in [6.45, 7) is 5.44. The first-order chi connectivity index (χ1) is 9.86. The maximum atomic E-state index is 4.22. The van der Waals surface area contributed by atoms with Crippen LogP contribution in [0.25, 0.3) is 0 Å². The van der Waals surface area contributed by atoms with Crippen LogP contribution in [0.15, 0.2) is 6.20 Å². The summed E-state index contributed by atoms with van der Waals surface area (Å²) in [5.74, 6) is 0. The average molecular weight is 279 g/mol. The molecule has 3 nitrogen and oxygen atoms in total. The van der Waals surface area contributed by atoms with Gasteiger partial charge in [-0.05, 0) is 19.3 Å². The number of hydrogen-bond acceptors (Lipinski definition) is 2. The Balaban J connectivity index is 1.89. The lowest BCUT2D eigenvalue weighted by Crippen LogP contribution is -1.96. The van der Waals surface area contributed by atoms with E-state index in [4.69, 9.17) is 0 Å². The lowest BCUT2D eigenvalue weighted by molar-refractivity contribution is 0.555. The van der Waals surface area contributed by atoms with Crippen LogP contribution in [0.2, 0.25) is 0 Å². The lowest BCUT2D eigenvalue weighted by Gasteiger charge is -2.01. The summed E-state index contributed by atoms with van der Waals surface area (Å²) in [6, 6.07) is 0. The molecule has 0 aromatic carbocycles. The number of nitrogens with zero attached hydrogens (tertiary/aromatic N) is 3. The lowest BCUT2D eigenvalue weighted by atomic mass is 10.1. The Labute approximate surface area is 125 Å². The van der Waals surface area contributed by atoms with Gasteiger partial charge in [0.2, 0.25) is 0 Å². The van der Waals surface area contributed by atoms with E-state index in [0.29, 0.717) is 0 Å². The summed E-state index contributed by atoms with van der Waals surface area (Å²) in [6.07, 6.45) is 18.2. The maximum absolute atomic E-state index is 4.22. The first-order valence-electron chi connectivity index (χ1n) is 8.75. The van der Waals surface area contributed by atoms with Gasteiger partial charge in [0.05, 0.1) is 5.69 Å². The first kappa shape index (κ1) is 17.2. The number of rotatable bonds is 13. The molecule has 0 aliphatic heterocycles. The van der Waals surface area contributed by atoms with Gasteiger partial charge in [0.15, 0.2) is 0 Å². The largest absolute Gasteiger partial charge is 0.252 e. The molecule has 1 aromatic heterocycles. The summed E-state index contributed by atoms with van der Waals surface area (Å²) < 4.78 is 1.96. The average Bonchev–Trinajstić information content (AvgIpc) is 2.89. The minimum Gasteiger partial charge on any atom is -0.252 e. The molecule has 0 aliphatic rings. The zero-order valence-corrected chi connectivity index (χ0v) is 13.6. The zero-order valence-electron chi connectivity index (χ0n) is 13.6. The van der Waals surface area contributed by atoms with Crippen LogP contribution in [0, 0.1) is 0 Å². The van der Waals surface area contributed by atoms with Crippen LogP contribution in [-0.2, 0) is 13.0 Å². The molecule has 3 heteroatoms. The second-order valence-corrected chi connectivity index (χ2v) is 5.90. The molecule has 116 valence electrons. The standard InChI is InChI=1S/C17H33N3/c1-3-5-6-7-8-9-10-11-12-13-14-17-16-20(15-4-2)19-18-17/h16H,3-15H2,1-2H3. The minimum atomic E-state index is 0.991. The molecular formula is C17H33N3. The molecule has 1 heterocycles. The van der Waals surface area contributed by atoms with Crippen LogP contribution in [0.4, 0.5) is 0 Å². The quantitative estimate of drug-likeness (QED) is 0.467. The Kier molecular flexibility index (Phi) is 10.3. The number of unbranched alkanes of at least 4 members (excludes halogenated alkanes) is 9. The van der Waals surface area contributed by atoms with E-state index in [-0.39, 0.29) is 0 Å². The van der Waals surface area contributed by atoms with Crippen molar-refractivity contribution in [2.45, 2.75) is 97.4 Å². The fourth-order valence-corrected chi connectivity index (χ4v) is 2.59.